The van der Waals surface area contributed by atoms with Crippen molar-refractivity contribution in [3.63, 3.8) is 0 Å². The number of hydrogen-bond donors (Lipinski definition) is 1. The molecule has 0 aromatic heterocycles. The van der Waals surface area contributed by atoms with Gasteiger partial charge in [-0.15, -0.1) is 0 Å². The van der Waals surface area contributed by atoms with Gasteiger partial charge in [-0.05, 0) is 49.4 Å². The summed E-state index contributed by atoms with van der Waals surface area (Å²) < 4.78 is 16.0. The summed E-state index contributed by atoms with van der Waals surface area (Å²) in [4.78, 5) is 0. The van der Waals surface area contributed by atoms with Gasteiger partial charge in [-0.2, -0.15) is 0 Å². The Morgan fingerprint density at radius 2 is 1.90 bits per heavy atom. The molecule has 2 fully saturated rings. The fourth-order valence-corrected chi connectivity index (χ4v) is 4.36. The monoisotopic (exact) mass is 299 g/mol. The Hall–Kier alpha value is -0.160. The van der Waals surface area contributed by atoms with Gasteiger partial charge in [-0.3, -0.25) is 0 Å². The lowest BCUT2D eigenvalue weighted by atomic mass is 9.71. The summed E-state index contributed by atoms with van der Waals surface area (Å²) >= 11 is 0. The van der Waals surface area contributed by atoms with Crippen LogP contribution in [0.2, 0.25) is 0 Å². The molecule has 0 radical (unpaired) electrons. The van der Waals surface area contributed by atoms with E-state index in [0.717, 1.165) is 57.8 Å². The highest BCUT2D eigenvalue weighted by atomic mass is 16.5. The average Bonchev–Trinajstić information content (AvgIpc) is 3.09. The Bertz CT molecular complexity index is 287. The standard InChI is InChI=1S/C17H33NO3/c1-19-8-3-9-21-10-6-17(14-18-7-11-20-2)13-15-4-5-16(17)12-15/h15-16,18H,3-14H2,1-2H3. The number of nitrogens with one attached hydrogen (secondary N) is 1. The summed E-state index contributed by atoms with van der Waals surface area (Å²) in [6.45, 7) is 5.43. The number of fused-ring (bicyclic) bond motifs is 2. The molecule has 1 N–H and O–H groups in total. The van der Waals surface area contributed by atoms with Crippen LogP contribution in [-0.4, -0.2) is 53.7 Å². The SMILES string of the molecule is COCCCOCCC1(CNCCOC)CC2CCC1C2. The molecule has 0 heterocycles. The van der Waals surface area contributed by atoms with Crippen molar-refractivity contribution in [2.45, 2.75) is 38.5 Å². The van der Waals surface area contributed by atoms with Crippen molar-refractivity contribution in [1.29, 1.82) is 0 Å². The average molecular weight is 299 g/mol. The molecule has 2 aliphatic rings. The van der Waals surface area contributed by atoms with Gasteiger partial charge in [0.05, 0.1) is 6.61 Å². The van der Waals surface area contributed by atoms with E-state index in [4.69, 9.17) is 14.2 Å². The van der Waals surface area contributed by atoms with E-state index in [1.165, 1.54) is 32.1 Å². The molecule has 2 rings (SSSR count). The van der Waals surface area contributed by atoms with Crippen molar-refractivity contribution in [2.75, 3.05) is 53.7 Å². The molecular weight excluding hydrogens is 266 g/mol. The van der Waals surface area contributed by atoms with Gasteiger partial charge < -0.3 is 19.5 Å². The van der Waals surface area contributed by atoms with Crippen LogP contribution in [0.3, 0.4) is 0 Å². The molecule has 0 aliphatic heterocycles. The first-order valence-electron chi connectivity index (χ1n) is 8.57. The Morgan fingerprint density at radius 1 is 1.05 bits per heavy atom. The van der Waals surface area contributed by atoms with Gasteiger partial charge in [0.2, 0.25) is 0 Å². The quantitative estimate of drug-likeness (QED) is 0.562. The minimum atomic E-state index is 0.484. The van der Waals surface area contributed by atoms with Gasteiger partial charge in [0.25, 0.3) is 0 Å². The lowest BCUT2D eigenvalue weighted by Crippen LogP contribution is -2.40. The summed E-state index contributed by atoms with van der Waals surface area (Å²) in [5, 5.41) is 3.61. The molecule has 2 aliphatic carbocycles. The van der Waals surface area contributed by atoms with E-state index in [2.05, 4.69) is 5.32 Å². The summed E-state index contributed by atoms with van der Waals surface area (Å²) in [6, 6.07) is 0. The number of ether oxygens (including phenoxy) is 3. The molecule has 0 aromatic carbocycles. The first-order chi connectivity index (χ1) is 10.3. The van der Waals surface area contributed by atoms with Crippen molar-refractivity contribution in [2.24, 2.45) is 17.3 Å². The van der Waals surface area contributed by atoms with Crippen LogP contribution in [0.5, 0.6) is 0 Å². The maximum Gasteiger partial charge on any atom is 0.0587 e. The second-order valence-electron chi connectivity index (χ2n) is 6.82. The van der Waals surface area contributed by atoms with E-state index in [0.29, 0.717) is 5.41 Å². The van der Waals surface area contributed by atoms with Crippen LogP contribution >= 0.6 is 0 Å². The largest absolute Gasteiger partial charge is 0.385 e. The van der Waals surface area contributed by atoms with Crippen LogP contribution < -0.4 is 5.32 Å². The maximum atomic E-state index is 5.83. The highest BCUT2D eigenvalue weighted by Gasteiger charge is 2.49. The number of methoxy groups -OCH3 is 2. The first-order valence-corrected chi connectivity index (χ1v) is 8.57. The lowest BCUT2D eigenvalue weighted by Gasteiger charge is -2.38. The third-order valence-corrected chi connectivity index (χ3v) is 5.44. The van der Waals surface area contributed by atoms with Crippen molar-refractivity contribution in [3.05, 3.63) is 0 Å². The van der Waals surface area contributed by atoms with E-state index in [9.17, 15) is 0 Å². The molecule has 2 bridgehead atoms. The van der Waals surface area contributed by atoms with Gasteiger partial charge in [0.1, 0.15) is 0 Å². The molecule has 0 spiro atoms. The molecule has 4 nitrogen and oxygen atoms in total. The van der Waals surface area contributed by atoms with Gasteiger partial charge in [0, 0.05) is 47.1 Å². The van der Waals surface area contributed by atoms with Gasteiger partial charge >= 0.3 is 0 Å². The van der Waals surface area contributed by atoms with E-state index >= 15 is 0 Å². The highest BCUT2D eigenvalue weighted by Crippen LogP contribution is 2.57. The third kappa shape index (κ3) is 4.92. The molecule has 0 saturated heterocycles. The summed E-state index contributed by atoms with van der Waals surface area (Å²) in [5.74, 6) is 1.90. The molecule has 3 atom stereocenters. The number of rotatable bonds is 12. The minimum Gasteiger partial charge on any atom is -0.385 e. The smallest absolute Gasteiger partial charge is 0.0587 e. The molecule has 124 valence electrons. The normalized spacial score (nSPS) is 31.1. The van der Waals surface area contributed by atoms with Crippen LogP contribution in [0, 0.1) is 17.3 Å². The third-order valence-electron chi connectivity index (χ3n) is 5.44. The van der Waals surface area contributed by atoms with Crippen molar-refractivity contribution in [3.8, 4) is 0 Å². The zero-order valence-corrected chi connectivity index (χ0v) is 13.9. The number of hydrogen-bond acceptors (Lipinski definition) is 4. The van der Waals surface area contributed by atoms with E-state index in [1.807, 2.05) is 0 Å². The van der Waals surface area contributed by atoms with Crippen molar-refractivity contribution in [1.82, 2.24) is 5.32 Å². The molecule has 0 aromatic rings. The Labute approximate surface area is 129 Å². The maximum absolute atomic E-state index is 5.83. The second-order valence-corrected chi connectivity index (χ2v) is 6.82. The van der Waals surface area contributed by atoms with E-state index in [1.54, 1.807) is 14.2 Å². The van der Waals surface area contributed by atoms with Gasteiger partial charge in [-0.1, -0.05) is 6.42 Å². The van der Waals surface area contributed by atoms with Crippen LogP contribution in [0.15, 0.2) is 0 Å². The van der Waals surface area contributed by atoms with Gasteiger partial charge in [-0.25, -0.2) is 0 Å². The second kappa shape index (κ2) is 9.09. The zero-order valence-electron chi connectivity index (χ0n) is 13.9. The molecular formula is C17H33NO3. The summed E-state index contributed by atoms with van der Waals surface area (Å²) in [5.41, 5.74) is 0.484. The molecule has 3 unspecified atom stereocenters. The summed E-state index contributed by atoms with van der Waals surface area (Å²) in [6.07, 6.45) is 7.96. The van der Waals surface area contributed by atoms with Crippen molar-refractivity contribution >= 4 is 0 Å². The van der Waals surface area contributed by atoms with Crippen LogP contribution in [0.1, 0.15) is 38.5 Å². The molecule has 21 heavy (non-hydrogen) atoms. The fraction of sp³-hybridized carbons (Fsp3) is 1.00. The molecule has 2 saturated carbocycles. The predicted molar refractivity (Wildman–Crippen MR) is 84.6 cm³/mol. The van der Waals surface area contributed by atoms with E-state index in [-0.39, 0.29) is 0 Å². The topological polar surface area (TPSA) is 39.7 Å². The predicted octanol–water partition coefficient (Wildman–Crippen LogP) is 2.47. The Kier molecular flexibility index (Phi) is 7.44. The zero-order chi connectivity index (χ0) is 15.0. The van der Waals surface area contributed by atoms with Crippen LogP contribution in [0.25, 0.3) is 0 Å². The van der Waals surface area contributed by atoms with Crippen LogP contribution in [0.4, 0.5) is 0 Å². The Balaban J connectivity index is 1.71. The highest BCUT2D eigenvalue weighted by molar-refractivity contribution is 5.01. The van der Waals surface area contributed by atoms with E-state index < -0.39 is 0 Å². The Morgan fingerprint density at radius 3 is 2.57 bits per heavy atom. The summed E-state index contributed by atoms with van der Waals surface area (Å²) in [7, 11) is 3.51. The molecule has 0 amide bonds. The fourth-order valence-electron chi connectivity index (χ4n) is 4.36. The van der Waals surface area contributed by atoms with Gasteiger partial charge in [0.15, 0.2) is 0 Å². The molecule has 4 heteroatoms. The van der Waals surface area contributed by atoms with Crippen molar-refractivity contribution < 1.29 is 14.2 Å². The first kappa shape index (κ1) is 17.2. The minimum absolute atomic E-state index is 0.484. The lowest BCUT2D eigenvalue weighted by molar-refractivity contribution is 0.0524. The van der Waals surface area contributed by atoms with Crippen LogP contribution in [-0.2, 0) is 14.2 Å².